The molecule has 1 aromatic rings. The Labute approximate surface area is 175 Å². The van der Waals surface area contributed by atoms with Gasteiger partial charge in [0.05, 0.1) is 12.7 Å². The summed E-state index contributed by atoms with van der Waals surface area (Å²) in [6.07, 6.45) is 11.6. The molecular formula is C21H30N4O5. The van der Waals surface area contributed by atoms with E-state index in [2.05, 4.69) is 10.3 Å². The highest BCUT2D eigenvalue weighted by Crippen LogP contribution is 2.55. The quantitative estimate of drug-likeness (QED) is 0.361. The first-order valence-corrected chi connectivity index (χ1v) is 10.9. The van der Waals surface area contributed by atoms with Gasteiger partial charge in [0.2, 0.25) is 12.3 Å². The van der Waals surface area contributed by atoms with E-state index in [4.69, 9.17) is 4.42 Å². The summed E-state index contributed by atoms with van der Waals surface area (Å²) in [6.45, 7) is 0.722. The first-order chi connectivity index (χ1) is 14.5. The van der Waals surface area contributed by atoms with Crippen LogP contribution in [0.15, 0.2) is 16.9 Å². The van der Waals surface area contributed by atoms with Gasteiger partial charge in [0.25, 0.3) is 5.91 Å². The fourth-order valence-electron chi connectivity index (χ4n) is 5.18. The Balaban J connectivity index is 1.42. The third-order valence-electron chi connectivity index (χ3n) is 6.92. The van der Waals surface area contributed by atoms with Crippen LogP contribution in [0, 0.1) is 17.3 Å². The highest BCUT2D eigenvalue weighted by molar-refractivity contribution is 5.96. The van der Waals surface area contributed by atoms with Crippen LogP contribution in [0.1, 0.15) is 57.8 Å². The third kappa shape index (κ3) is 4.83. The number of aromatic nitrogens is 1. The molecular weight excluding hydrogens is 388 g/mol. The van der Waals surface area contributed by atoms with Crippen LogP contribution < -0.4 is 5.32 Å². The third-order valence-corrected chi connectivity index (χ3v) is 6.92. The number of hydroxylamine groups is 2. The number of oxazole rings is 1. The van der Waals surface area contributed by atoms with Gasteiger partial charge in [-0.1, -0.05) is 25.7 Å². The van der Waals surface area contributed by atoms with Gasteiger partial charge in [0, 0.05) is 13.0 Å². The zero-order valence-electron chi connectivity index (χ0n) is 17.2. The smallest absolute Gasteiger partial charge is 0.301 e. The van der Waals surface area contributed by atoms with E-state index in [0.717, 1.165) is 32.1 Å². The van der Waals surface area contributed by atoms with Crippen molar-refractivity contribution in [3.63, 3.8) is 0 Å². The zero-order chi connectivity index (χ0) is 21.1. The van der Waals surface area contributed by atoms with E-state index in [1.165, 1.54) is 25.3 Å². The monoisotopic (exact) mass is 418 g/mol. The minimum Gasteiger partial charge on any atom is -0.432 e. The molecule has 164 valence electrons. The number of carbonyl (C=O) groups excluding carboxylic acids is 3. The van der Waals surface area contributed by atoms with Crippen LogP contribution in [0.5, 0.6) is 0 Å². The lowest BCUT2D eigenvalue weighted by Gasteiger charge is -2.28. The van der Waals surface area contributed by atoms with E-state index in [9.17, 15) is 19.6 Å². The SMILES string of the molecule is O=CN(O)CC(CC(=O)N1CC2(CC2)C[C@H]1C(=O)Nc1ncco1)CC1CCCC1. The van der Waals surface area contributed by atoms with Crippen LogP contribution >= 0.6 is 0 Å². The Morgan fingerprint density at radius 3 is 2.80 bits per heavy atom. The molecule has 3 fully saturated rings. The number of likely N-dealkylation sites (tertiary alicyclic amines) is 1. The number of nitrogens with one attached hydrogen (secondary N) is 1. The lowest BCUT2D eigenvalue weighted by atomic mass is 9.90. The standard InChI is InChI=1S/C21H30N4O5/c26-14-24(29)12-16(9-15-3-1-2-4-15)10-18(27)25-13-21(5-6-21)11-17(25)19(28)23-20-22-7-8-30-20/h7-8,14-17,29H,1-6,9-13H2,(H,22,23,28)/t16?,17-/m0/s1. The molecule has 1 unspecified atom stereocenters. The van der Waals surface area contributed by atoms with Crippen molar-refractivity contribution in [2.45, 2.75) is 63.8 Å². The number of hydrogen-bond donors (Lipinski definition) is 2. The number of anilines is 1. The zero-order valence-corrected chi connectivity index (χ0v) is 17.2. The van der Waals surface area contributed by atoms with Crippen molar-refractivity contribution in [3.8, 4) is 0 Å². The van der Waals surface area contributed by atoms with Gasteiger partial charge in [0.15, 0.2) is 0 Å². The highest BCUT2D eigenvalue weighted by Gasteiger charge is 2.55. The number of amides is 3. The first kappa shape index (κ1) is 20.8. The van der Waals surface area contributed by atoms with Gasteiger partial charge >= 0.3 is 6.01 Å². The maximum atomic E-state index is 13.3. The second-order valence-corrected chi connectivity index (χ2v) is 9.25. The molecule has 0 radical (unpaired) electrons. The van der Waals surface area contributed by atoms with Crippen molar-refractivity contribution < 1.29 is 24.0 Å². The molecule has 0 aromatic carbocycles. The van der Waals surface area contributed by atoms with Crippen molar-refractivity contribution >= 4 is 24.2 Å². The van der Waals surface area contributed by atoms with Gasteiger partial charge < -0.3 is 9.32 Å². The van der Waals surface area contributed by atoms with Crippen LogP contribution in [0.4, 0.5) is 6.01 Å². The van der Waals surface area contributed by atoms with E-state index in [0.29, 0.717) is 30.4 Å². The van der Waals surface area contributed by atoms with E-state index in [1.54, 1.807) is 4.90 Å². The summed E-state index contributed by atoms with van der Waals surface area (Å²) in [5.74, 6) is 0.0366. The number of rotatable bonds is 9. The molecule has 0 bridgehead atoms. The van der Waals surface area contributed by atoms with Crippen LogP contribution in [0.25, 0.3) is 0 Å². The topological polar surface area (TPSA) is 116 Å². The molecule has 2 atom stereocenters. The molecule has 3 amide bonds. The molecule has 1 aromatic heterocycles. The van der Waals surface area contributed by atoms with Crippen LogP contribution in [0.2, 0.25) is 0 Å². The summed E-state index contributed by atoms with van der Waals surface area (Å²) in [5.41, 5.74) is 0.0566. The average molecular weight is 418 g/mol. The van der Waals surface area contributed by atoms with Gasteiger partial charge in [0.1, 0.15) is 12.3 Å². The molecule has 2 heterocycles. The fourth-order valence-corrected chi connectivity index (χ4v) is 5.18. The highest BCUT2D eigenvalue weighted by atomic mass is 16.5. The summed E-state index contributed by atoms with van der Waals surface area (Å²) in [6, 6.07) is -0.416. The normalized spacial score (nSPS) is 23.5. The molecule has 3 aliphatic rings. The molecule has 1 saturated heterocycles. The summed E-state index contributed by atoms with van der Waals surface area (Å²) in [5, 5.41) is 13.0. The lowest BCUT2D eigenvalue weighted by molar-refractivity contribution is -0.154. The predicted molar refractivity (Wildman–Crippen MR) is 106 cm³/mol. The molecule has 1 aliphatic heterocycles. The molecule has 2 aliphatic carbocycles. The Morgan fingerprint density at radius 1 is 1.40 bits per heavy atom. The summed E-state index contributed by atoms with van der Waals surface area (Å²) in [4.78, 5) is 42.6. The number of nitrogens with zero attached hydrogens (tertiary/aromatic N) is 3. The van der Waals surface area contributed by atoms with Crippen molar-refractivity contribution in [3.05, 3.63) is 12.5 Å². The molecule has 1 spiro atoms. The van der Waals surface area contributed by atoms with Gasteiger partial charge in [-0.15, -0.1) is 0 Å². The van der Waals surface area contributed by atoms with Gasteiger partial charge in [-0.25, -0.2) is 10.0 Å². The van der Waals surface area contributed by atoms with E-state index >= 15 is 0 Å². The van der Waals surface area contributed by atoms with E-state index in [1.807, 2.05) is 0 Å². The van der Waals surface area contributed by atoms with Crippen molar-refractivity contribution in [2.24, 2.45) is 17.3 Å². The van der Waals surface area contributed by atoms with Crippen molar-refractivity contribution in [1.82, 2.24) is 14.9 Å². The molecule has 2 N–H and O–H groups in total. The fraction of sp³-hybridized carbons (Fsp3) is 0.714. The molecule has 4 rings (SSSR count). The second kappa shape index (κ2) is 8.75. The number of hydrogen-bond acceptors (Lipinski definition) is 6. The van der Waals surface area contributed by atoms with Crippen LogP contribution in [-0.2, 0) is 14.4 Å². The van der Waals surface area contributed by atoms with Crippen LogP contribution in [-0.4, -0.2) is 57.5 Å². The van der Waals surface area contributed by atoms with E-state index in [-0.39, 0.29) is 42.1 Å². The van der Waals surface area contributed by atoms with E-state index < -0.39 is 6.04 Å². The van der Waals surface area contributed by atoms with Crippen molar-refractivity contribution in [2.75, 3.05) is 18.4 Å². The van der Waals surface area contributed by atoms with Crippen LogP contribution in [0.3, 0.4) is 0 Å². The Morgan fingerprint density at radius 2 is 2.17 bits per heavy atom. The Hall–Kier alpha value is -2.42. The maximum Gasteiger partial charge on any atom is 0.301 e. The second-order valence-electron chi connectivity index (χ2n) is 9.25. The number of carbonyl (C=O) groups is 3. The molecule has 30 heavy (non-hydrogen) atoms. The minimum absolute atomic E-state index is 0.0566. The maximum absolute atomic E-state index is 13.3. The molecule has 2 saturated carbocycles. The summed E-state index contributed by atoms with van der Waals surface area (Å²) in [7, 11) is 0. The average Bonchev–Trinajstić information content (AvgIpc) is 3.14. The first-order valence-electron chi connectivity index (χ1n) is 10.9. The molecule has 9 nitrogen and oxygen atoms in total. The summed E-state index contributed by atoms with van der Waals surface area (Å²) >= 11 is 0. The lowest BCUT2D eigenvalue weighted by Crippen LogP contribution is -2.44. The summed E-state index contributed by atoms with van der Waals surface area (Å²) < 4.78 is 5.11. The van der Waals surface area contributed by atoms with Gasteiger partial charge in [-0.05, 0) is 42.9 Å². The largest absolute Gasteiger partial charge is 0.432 e. The Bertz CT molecular complexity index is 757. The predicted octanol–water partition coefficient (Wildman–Crippen LogP) is 2.43. The van der Waals surface area contributed by atoms with Crippen molar-refractivity contribution in [1.29, 1.82) is 0 Å². The minimum atomic E-state index is -0.546. The van der Waals surface area contributed by atoms with Gasteiger partial charge in [-0.3, -0.25) is 24.9 Å². The Kier molecular flexibility index (Phi) is 6.08. The molecule has 9 heteroatoms. The van der Waals surface area contributed by atoms with Gasteiger partial charge in [-0.2, -0.15) is 0 Å².